The molecular weight excluding hydrogens is 340 g/mol. The van der Waals surface area contributed by atoms with Gasteiger partial charge in [-0.3, -0.25) is 4.79 Å². The highest BCUT2D eigenvalue weighted by Gasteiger charge is 2.30. The lowest BCUT2D eigenvalue weighted by atomic mass is 9.90. The Balaban J connectivity index is 0.00000200. The molecule has 2 unspecified atom stereocenters. The smallest absolute Gasteiger partial charge is 0.227 e. The molecule has 1 aromatic carbocycles. The molecule has 1 aliphatic heterocycles. The molecule has 1 saturated heterocycles. The molecule has 1 fully saturated rings. The largest absolute Gasteiger partial charge is 0.338 e. The topological polar surface area (TPSA) is 46.3 Å². The van der Waals surface area contributed by atoms with Gasteiger partial charge in [0, 0.05) is 23.6 Å². The van der Waals surface area contributed by atoms with Crippen LogP contribution in [0.4, 0.5) is 0 Å². The van der Waals surface area contributed by atoms with E-state index in [9.17, 15) is 4.79 Å². The van der Waals surface area contributed by atoms with E-state index in [-0.39, 0.29) is 24.4 Å². The van der Waals surface area contributed by atoms with E-state index in [0.717, 1.165) is 23.0 Å². The Hall–Kier alpha value is -0.580. The second kappa shape index (κ2) is 8.01. The minimum atomic E-state index is 0. The Morgan fingerprint density at radius 1 is 1.40 bits per heavy atom. The zero-order valence-electron chi connectivity index (χ0n) is 11.7. The van der Waals surface area contributed by atoms with Crippen LogP contribution >= 0.6 is 28.3 Å². The molecule has 1 amide bonds. The number of hydrogen-bond donors (Lipinski definition) is 1. The number of nitrogens with two attached hydrogens (primary N) is 1. The van der Waals surface area contributed by atoms with Crippen LogP contribution in [-0.2, 0) is 11.2 Å². The Labute approximate surface area is 135 Å². The summed E-state index contributed by atoms with van der Waals surface area (Å²) in [4.78, 5) is 14.4. The molecule has 2 atom stereocenters. The van der Waals surface area contributed by atoms with Crippen LogP contribution in [0.25, 0.3) is 0 Å². The molecule has 1 heterocycles. The SMILES string of the molecule is CC1CCCN(C(=O)Cc2ccc(Br)cc2)C1CN.Cl. The number of nitrogens with zero attached hydrogens (tertiary/aromatic N) is 1. The third-order valence-corrected chi connectivity index (χ3v) is 4.47. The number of halogens is 2. The van der Waals surface area contributed by atoms with Crippen molar-refractivity contribution in [1.29, 1.82) is 0 Å². The second-order valence-electron chi connectivity index (χ2n) is 5.31. The Morgan fingerprint density at radius 2 is 2.05 bits per heavy atom. The first-order chi connectivity index (χ1) is 9.11. The molecule has 1 aromatic rings. The van der Waals surface area contributed by atoms with Crippen LogP contribution in [0.15, 0.2) is 28.7 Å². The number of rotatable bonds is 3. The summed E-state index contributed by atoms with van der Waals surface area (Å²) in [6.45, 7) is 3.60. The van der Waals surface area contributed by atoms with Gasteiger partial charge in [-0.15, -0.1) is 12.4 Å². The summed E-state index contributed by atoms with van der Waals surface area (Å²) in [5, 5.41) is 0. The fraction of sp³-hybridized carbons (Fsp3) is 0.533. The predicted molar refractivity (Wildman–Crippen MR) is 88.0 cm³/mol. The number of hydrogen-bond acceptors (Lipinski definition) is 2. The van der Waals surface area contributed by atoms with E-state index in [2.05, 4.69) is 22.9 Å². The highest BCUT2D eigenvalue weighted by molar-refractivity contribution is 9.10. The quantitative estimate of drug-likeness (QED) is 0.899. The third kappa shape index (κ3) is 4.21. The molecule has 2 rings (SSSR count). The van der Waals surface area contributed by atoms with Crippen LogP contribution in [0.1, 0.15) is 25.3 Å². The van der Waals surface area contributed by atoms with Crippen molar-refractivity contribution in [3.8, 4) is 0 Å². The average Bonchev–Trinajstić information content (AvgIpc) is 2.41. The maximum Gasteiger partial charge on any atom is 0.227 e. The maximum absolute atomic E-state index is 12.4. The zero-order chi connectivity index (χ0) is 13.8. The van der Waals surface area contributed by atoms with Gasteiger partial charge >= 0.3 is 0 Å². The van der Waals surface area contributed by atoms with E-state index in [1.807, 2.05) is 29.2 Å². The van der Waals surface area contributed by atoms with Crippen molar-refractivity contribution < 1.29 is 4.79 Å². The standard InChI is InChI=1S/C15H21BrN2O.ClH/c1-11-3-2-8-18(14(11)10-17)15(19)9-12-4-6-13(16)7-5-12;/h4-7,11,14H,2-3,8-10,17H2,1H3;1H. The predicted octanol–water partition coefficient (Wildman–Crippen LogP) is 3.00. The molecule has 112 valence electrons. The molecule has 5 heteroatoms. The fourth-order valence-electron chi connectivity index (χ4n) is 2.80. The van der Waals surface area contributed by atoms with Crippen LogP contribution < -0.4 is 5.73 Å². The third-order valence-electron chi connectivity index (χ3n) is 3.95. The van der Waals surface area contributed by atoms with Gasteiger partial charge in [-0.25, -0.2) is 0 Å². The van der Waals surface area contributed by atoms with Crippen LogP contribution in [-0.4, -0.2) is 29.9 Å². The first-order valence-corrected chi connectivity index (χ1v) is 7.65. The van der Waals surface area contributed by atoms with Crippen LogP contribution in [0, 0.1) is 5.92 Å². The minimum absolute atomic E-state index is 0. The summed E-state index contributed by atoms with van der Waals surface area (Å²) < 4.78 is 1.04. The summed E-state index contributed by atoms with van der Waals surface area (Å²) >= 11 is 3.41. The van der Waals surface area contributed by atoms with E-state index in [4.69, 9.17) is 5.73 Å². The maximum atomic E-state index is 12.4. The van der Waals surface area contributed by atoms with E-state index in [0.29, 0.717) is 18.9 Å². The van der Waals surface area contributed by atoms with Gasteiger partial charge in [0.05, 0.1) is 6.42 Å². The van der Waals surface area contributed by atoms with Gasteiger partial charge in [-0.1, -0.05) is 35.0 Å². The van der Waals surface area contributed by atoms with Crippen LogP contribution in [0.3, 0.4) is 0 Å². The molecular formula is C15H22BrClN2O. The number of carbonyl (C=O) groups excluding carboxylic acids is 1. The Kier molecular flexibility index (Phi) is 7.00. The lowest BCUT2D eigenvalue weighted by Crippen LogP contribution is -2.51. The summed E-state index contributed by atoms with van der Waals surface area (Å²) in [5.41, 5.74) is 6.89. The van der Waals surface area contributed by atoms with Gasteiger partial charge in [0.25, 0.3) is 0 Å². The molecule has 0 aromatic heterocycles. The first-order valence-electron chi connectivity index (χ1n) is 6.86. The Bertz CT molecular complexity index is 438. The van der Waals surface area contributed by atoms with Crippen LogP contribution in [0.2, 0.25) is 0 Å². The molecule has 0 saturated carbocycles. The van der Waals surface area contributed by atoms with Crippen molar-refractivity contribution in [2.45, 2.75) is 32.2 Å². The number of likely N-dealkylation sites (tertiary alicyclic amines) is 1. The van der Waals surface area contributed by atoms with Crippen molar-refractivity contribution in [3.63, 3.8) is 0 Å². The highest BCUT2D eigenvalue weighted by Crippen LogP contribution is 2.23. The van der Waals surface area contributed by atoms with Crippen molar-refractivity contribution in [3.05, 3.63) is 34.3 Å². The van der Waals surface area contributed by atoms with Crippen molar-refractivity contribution in [2.75, 3.05) is 13.1 Å². The van der Waals surface area contributed by atoms with Gasteiger partial charge < -0.3 is 10.6 Å². The van der Waals surface area contributed by atoms with Crippen molar-refractivity contribution >= 4 is 34.2 Å². The van der Waals surface area contributed by atoms with Crippen LogP contribution in [0.5, 0.6) is 0 Å². The lowest BCUT2D eigenvalue weighted by molar-refractivity contribution is -0.135. The molecule has 0 radical (unpaired) electrons. The summed E-state index contributed by atoms with van der Waals surface area (Å²) in [6, 6.07) is 8.14. The van der Waals surface area contributed by atoms with Crippen molar-refractivity contribution in [1.82, 2.24) is 4.90 Å². The highest BCUT2D eigenvalue weighted by atomic mass is 79.9. The molecule has 0 aliphatic carbocycles. The van der Waals surface area contributed by atoms with Gasteiger partial charge in [-0.2, -0.15) is 0 Å². The van der Waals surface area contributed by atoms with E-state index in [1.165, 1.54) is 6.42 Å². The lowest BCUT2D eigenvalue weighted by Gasteiger charge is -2.39. The molecule has 2 N–H and O–H groups in total. The van der Waals surface area contributed by atoms with Gasteiger partial charge in [-0.05, 0) is 36.5 Å². The zero-order valence-corrected chi connectivity index (χ0v) is 14.1. The molecule has 0 spiro atoms. The van der Waals surface area contributed by atoms with Gasteiger partial charge in [0.2, 0.25) is 5.91 Å². The van der Waals surface area contributed by atoms with E-state index >= 15 is 0 Å². The monoisotopic (exact) mass is 360 g/mol. The van der Waals surface area contributed by atoms with Gasteiger partial charge in [0.1, 0.15) is 0 Å². The number of piperidine rings is 1. The number of amides is 1. The summed E-state index contributed by atoms with van der Waals surface area (Å²) in [7, 11) is 0. The van der Waals surface area contributed by atoms with Crippen molar-refractivity contribution in [2.24, 2.45) is 11.7 Å². The Morgan fingerprint density at radius 3 is 2.65 bits per heavy atom. The normalized spacial score (nSPS) is 22.2. The molecule has 1 aliphatic rings. The first kappa shape index (κ1) is 17.5. The average molecular weight is 362 g/mol. The van der Waals surface area contributed by atoms with E-state index in [1.54, 1.807) is 0 Å². The molecule has 3 nitrogen and oxygen atoms in total. The fourth-order valence-corrected chi connectivity index (χ4v) is 3.06. The molecule has 20 heavy (non-hydrogen) atoms. The molecule has 0 bridgehead atoms. The minimum Gasteiger partial charge on any atom is -0.338 e. The summed E-state index contributed by atoms with van der Waals surface area (Å²) in [5.74, 6) is 0.706. The second-order valence-corrected chi connectivity index (χ2v) is 6.23. The number of carbonyl (C=O) groups is 1. The van der Waals surface area contributed by atoms with Gasteiger partial charge in [0.15, 0.2) is 0 Å². The van der Waals surface area contributed by atoms with E-state index < -0.39 is 0 Å². The number of benzene rings is 1. The summed E-state index contributed by atoms with van der Waals surface area (Å²) in [6.07, 6.45) is 2.73.